The lowest BCUT2D eigenvalue weighted by Crippen LogP contribution is -2.31. The summed E-state index contributed by atoms with van der Waals surface area (Å²) in [5.41, 5.74) is -2.81. The summed E-state index contributed by atoms with van der Waals surface area (Å²) < 4.78 is 48.6. The third-order valence-corrected chi connectivity index (χ3v) is 2.61. The van der Waals surface area contributed by atoms with Crippen LogP contribution in [0.4, 0.5) is 13.2 Å². The Balaban J connectivity index is 2.18. The van der Waals surface area contributed by atoms with Crippen molar-refractivity contribution in [2.24, 2.45) is 10.2 Å². The molecule has 0 unspecified atom stereocenters. The Hall–Kier alpha value is -2.12. The standard InChI is InChI=1S/C12H11F3N2O3/c1-2-19-10(18)7-20-9-6-4-3-5-8(9)11(16-17-11)12(13,14)15/h3-6H,2,7H2,1H3. The van der Waals surface area contributed by atoms with Crippen LogP contribution in [-0.2, 0) is 15.2 Å². The third kappa shape index (κ3) is 2.59. The number of alkyl halides is 3. The van der Waals surface area contributed by atoms with Gasteiger partial charge in [-0.05, 0) is 13.0 Å². The number of para-hydroxylation sites is 1. The SMILES string of the molecule is CCOC(=O)COc1ccccc1C1(C(F)(F)F)N=N1. The predicted molar refractivity (Wildman–Crippen MR) is 61.2 cm³/mol. The molecule has 0 bridgehead atoms. The molecule has 0 aliphatic carbocycles. The maximum absolute atomic E-state index is 12.9. The molecule has 0 saturated heterocycles. The van der Waals surface area contributed by atoms with Crippen LogP contribution in [0, 0.1) is 0 Å². The van der Waals surface area contributed by atoms with Crippen molar-refractivity contribution in [1.82, 2.24) is 0 Å². The average molecular weight is 288 g/mol. The summed E-state index contributed by atoms with van der Waals surface area (Å²) in [6.45, 7) is 1.31. The van der Waals surface area contributed by atoms with E-state index in [1.54, 1.807) is 6.92 Å². The Morgan fingerprint density at radius 2 is 1.95 bits per heavy atom. The number of halogens is 3. The smallest absolute Gasteiger partial charge is 0.442 e. The number of carbonyl (C=O) groups excluding carboxylic acids is 1. The number of rotatable bonds is 5. The zero-order chi connectivity index (χ0) is 14.8. The van der Waals surface area contributed by atoms with Crippen LogP contribution in [0.3, 0.4) is 0 Å². The van der Waals surface area contributed by atoms with Crippen LogP contribution < -0.4 is 4.74 Å². The molecule has 0 amide bonds. The van der Waals surface area contributed by atoms with Gasteiger partial charge in [0.05, 0.1) is 12.2 Å². The van der Waals surface area contributed by atoms with E-state index < -0.39 is 24.4 Å². The average Bonchev–Trinajstić information content (AvgIpc) is 3.18. The molecule has 0 atom stereocenters. The molecule has 20 heavy (non-hydrogen) atoms. The Bertz CT molecular complexity index is 537. The van der Waals surface area contributed by atoms with Crippen molar-refractivity contribution in [3.8, 4) is 5.75 Å². The van der Waals surface area contributed by atoms with E-state index in [1.165, 1.54) is 24.3 Å². The molecule has 1 aliphatic rings. The zero-order valence-electron chi connectivity index (χ0n) is 10.5. The van der Waals surface area contributed by atoms with Gasteiger partial charge in [-0.25, -0.2) is 4.79 Å². The van der Waals surface area contributed by atoms with Crippen LogP contribution in [-0.4, -0.2) is 25.4 Å². The van der Waals surface area contributed by atoms with Gasteiger partial charge in [0.2, 0.25) is 0 Å². The molecule has 0 N–H and O–H groups in total. The van der Waals surface area contributed by atoms with Crippen LogP contribution in [0.5, 0.6) is 5.75 Å². The number of ether oxygens (including phenoxy) is 2. The number of esters is 1. The van der Waals surface area contributed by atoms with Crippen molar-refractivity contribution in [3.63, 3.8) is 0 Å². The molecule has 0 spiro atoms. The fraction of sp³-hybridized carbons (Fsp3) is 0.417. The van der Waals surface area contributed by atoms with Crippen molar-refractivity contribution in [2.75, 3.05) is 13.2 Å². The molecular formula is C12H11F3N2O3. The minimum absolute atomic E-state index is 0.0946. The monoisotopic (exact) mass is 288 g/mol. The summed E-state index contributed by atoms with van der Waals surface area (Å²) in [4.78, 5) is 11.2. The maximum Gasteiger partial charge on any atom is 0.442 e. The summed E-state index contributed by atoms with van der Waals surface area (Å²) in [6.07, 6.45) is -4.64. The molecule has 1 aromatic carbocycles. The van der Waals surface area contributed by atoms with E-state index >= 15 is 0 Å². The van der Waals surface area contributed by atoms with Crippen LogP contribution in [0.1, 0.15) is 12.5 Å². The van der Waals surface area contributed by atoms with Gasteiger partial charge in [0.15, 0.2) is 6.61 Å². The van der Waals surface area contributed by atoms with Crippen LogP contribution in [0.25, 0.3) is 0 Å². The Kier molecular flexibility index (Phi) is 3.65. The van der Waals surface area contributed by atoms with Crippen molar-refractivity contribution < 1.29 is 27.4 Å². The van der Waals surface area contributed by atoms with Crippen molar-refractivity contribution in [1.29, 1.82) is 0 Å². The maximum atomic E-state index is 12.9. The van der Waals surface area contributed by atoms with Gasteiger partial charge in [-0.1, -0.05) is 18.2 Å². The van der Waals surface area contributed by atoms with E-state index in [-0.39, 0.29) is 17.9 Å². The van der Waals surface area contributed by atoms with Crippen molar-refractivity contribution in [2.45, 2.75) is 18.8 Å². The second kappa shape index (κ2) is 5.10. The second-order valence-electron chi connectivity index (χ2n) is 3.96. The molecule has 1 heterocycles. The van der Waals surface area contributed by atoms with Crippen LogP contribution in [0.15, 0.2) is 34.5 Å². The topological polar surface area (TPSA) is 60.2 Å². The molecule has 5 nitrogen and oxygen atoms in total. The van der Waals surface area contributed by atoms with E-state index in [4.69, 9.17) is 4.74 Å². The van der Waals surface area contributed by atoms with E-state index in [2.05, 4.69) is 15.0 Å². The number of carbonyl (C=O) groups is 1. The Morgan fingerprint density at radius 3 is 2.50 bits per heavy atom. The lowest BCUT2D eigenvalue weighted by molar-refractivity contribution is -0.166. The Morgan fingerprint density at radius 1 is 1.30 bits per heavy atom. The van der Waals surface area contributed by atoms with Crippen molar-refractivity contribution >= 4 is 5.97 Å². The first-order valence-electron chi connectivity index (χ1n) is 5.79. The van der Waals surface area contributed by atoms with E-state index in [9.17, 15) is 18.0 Å². The minimum Gasteiger partial charge on any atom is -0.481 e. The quantitative estimate of drug-likeness (QED) is 0.783. The van der Waals surface area contributed by atoms with Crippen LogP contribution >= 0.6 is 0 Å². The van der Waals surface area contributed by atoms with Gasteiger partial charge in [-0.2, -0.15) is 13.2 Å². The molecular weight excluding hydrogens is 277 g/mol. The summed E-state index contributed by atoms with van der Waals surface area (Å²) in [7, 11) is 0. The normalized spacial score (nSPS) is 15.8. The summed E-state index contributed by atoms with van der Waals surface area (Å²) >= 11 is 0. The van der Waals surface area contributed by atoms with Gasteiger partial charge >= 0.3 is 17.8 Å². The third-order valence-electron chi connectivity index (χ3n) is 2.61. The van der Waals surface area contributed by atoms with Gasteiger partial charge in [-0.3, -0.25) is 0 Å². The number of nitrogens with zero attached hydrogens (tertiary/aromatic N) is 2. The highest BCUT2D eigenvalue weighted by molar-refractivity contribution is 5.71. The molecule has 0 aromatic heterocycles. The molecule has 0 saturated carbocycles. The summed E-state index contributed by atoms with van der Waals surface area (Å²) in [6, 6.07) is 5.46. The summed E-state index contributed by atoms with van der Waals surface area (Å²) in [5.74, 6) is -0.754. The second-order valence-corrected chi connectivity index (χ2v) is 3.96. The lowest BCUT2D eigenvalue weighted by atomic mass is 10.0. The molecule has 0 fully saturated rings. The van der Waals surface area contributed by atoms with Gasteiger partial charge in [0, 0.05) is 0 Å². The van der Waals surface area contributed by atoms with Gasteiger partial charge < -0.3 is 9.47 Å². The number of hydrogen-bond acceptors (Lipinski definition) is 5. The Labute approximate surface area is 112 Å². The van der Waals surface area contributed by atoms with E-state index in [1.807, 2.05) is 0 Å². The number of hydrogen-bond donors (Lipinski definition) is 0. The molecule has 8 heteroatoms. The first kappa shape index (κ1) is 14.3. The lowest BCUT2D eigenvalue weighted by Gasteiger charge is -2.18. The minimum atomic E-state index is -4.64. The molecule has 2 rings (SSSR count). The van der Waals surface area contributed by atoms with E-state index in [0.717, 1.165) is 0 Å². The van der Waals surface area contributed by atoms with Crippen LogP contribution in [0.2, 0.25) is 0 Å². The molecule has 1 aliphatic heterocycles. The fourth-order valence-corrected chi connectivity index (χ4v) is 1.64. The molecule has 0 radical (unpaired) electrons. The number of benzene rings is 1. The first-order valence-corrected chi connectivity index (χ1v) is 5.79. The highest BCUT2D eigenvalue weighted by Gasteiger charge is 2.66. The highest BCUT2D eigenvalue weighted by atomic mass is 19.4. The van der Waals surface area contributed by atoms with Crippen molar-refractivity contribution in [3.05, 3.63) is 29.8 Å². The predicted octanol–water partition coefficient (Wildman–Crippen LogP) is 2.81. The molecule has 1 aromatic rings. The van der Waals surface area contributed by atoms with E-state index in [0.29, 0.717) is 0 Å². The fourth-order valence-electron chi connectivity index (χ4n) is 1.64. The zero-order valence-corrected chi connectivity index (χ0v) is 10.5. The van der Waals surface area contributed by atoms with Gasteiger partial charge in [0.1, 0.15) is 5.75 Å². The first-order chi connectivity index (χ1) is 9.40. The summed E-state index contributed by atoms with van der Waals surface area (Å²) in [5, 5.41) is 6.21. The highest BCUT2D eigenvalue weighted by Crippen LogP contribution is 2.54. The molecule has 108 valence electrons. The van der Waals surface area contributed by atoms with Gasteiger partial charge in [-0.15, -0.1) is 10.2 Å². The van der Waals surface area contributed by atoms with Gasteiger partial charge in [0.25, 0.3) is 0 Å². The largest absolute Gasteiger partial charge is 0.481 e.